The molecule has 1 aliphatic heterocycles. The van der Waals surface area contributed by atoms with E-state index in [1.54, 1.807) is 12.1 Å². The summed E-state index contributed by atoms with van der Waals surface area (Å²) in [4.78, 5) is 23.9. The van der Waals surface area contributed by atoms with Gasteiger partial charge < -0.3 is 4.74 Å². The Balaban J connectivity index is 2.61. The molecule has 0 spiro atoms. The minimum atomic E-state index is -5.06. The minimum Gasteiger partial charge on any atom is -0.465 e. The van der Waals surface area contributed by atoms with E-state index in [4.69, 9.17) is 11.6 Å². The van der Waals surface area contributed by atoms with Gasteiger partial charge in [-0.1, -0.05) is 23.7 Å². The maximum Gasteiger partial charge on any atom is 0.424 e. The van der Waals surface area contributed by atoms with Gasteiger partial charge in [-0.05, 0) is 19.1 Å². The molecule has 1 amide bonds. The Hall–Kier alpha value is -2.35. The maximum atomic E-state index is 13.2. The summed E-state index contributed by atoms with van der Waals surface area (Å²) in [5.74, 6) is -2.76. The Labute approximate surface area is 134 Å². The number of methoxy groups -OCH3 is 1. The average molecular weight is 347 g/mol. The van der Waals surface area contributed by atoms with Crippen molar-refractivity contribution in [3.8, 4) is 0 Å². The van der Waals surface area contributed by atoms with Crippen LogP contribution < -0.4 is 5.01 Å². The molecule has 0 saturated carbocycles. The molecule has 0 bridgehead atoms. The number of halogens is 4. The number of carbonyl (C=O) groups is 2. The normalized spacial score (nSPS) is 17.2. The molecular formula is C14H10ClF3N2O3. The highest BCUT2D eigenvalue weighted by molar-refractivity contribution is 6.37. The van der Waals surface area contributed by atoms with Crippen LogP contribution in [0.5, 0.6) is 0 Å². The molecule has 122 valence electrons. The van der Waals surface area contributed by atoms with Crippen LogP contribution in [0.3, 0.4) is 0 Å². The first-order chi connectivity index (χ1) is 10.7. The third-order valence-corrected chi connectivity index (χ3v) is 3.34. The van der Waals surface area contributed by atoms with E-state index in [1.165, 1.54) is 19.1 Å². The quantitative estimate of drug-likeness (QED) is 0.610. The van der Waals surface area contributed by atoms with Gasteiger partial charge >= 0.3 is 12.1 Å². The van der Waals surface area contributed by atoms with Crippen molar-refractivity contribution in [2.45, 2.75) is 13.1 Å². The zero-order valence-corrected chi connectivity index (χ0v) is 12.7. The predicted molar refractivity (Wildman–Crippen MR) is 77.1 cm³/mol. The lowest BCUT2D eigenvalue weighted by molar-refractivity contribution is -0.148. The SMILES string of the molecule is COC(=O)/C(=C1/C(=O)N(c2ccccc2Cl)N=C1C)C(F)(F)F. The van der Waals surface area contributed by atoms with E-state index in [1.807, 2.05) is 0 Å². The summed E-state index contributed by atoms with van der Waals surface area (Å²) >= 11 is 5.93. The molecule has 1 aliphatic rings. The smallest absolute Gasteiger partial charge is 0.424 e. The molecule has 9 heteroatoms. The van der Waals surface area contributed by atoms with Crippen molar-refractivity contribution in [3.63, 3.8) is 0 Å². The fourth-order valence-electron chi connectivity index (χ4n) is 2.04. The van der Waals surface area contributed by atoms with E-state index in [-0.39, 0.29) is 16.4 Å². The predicted octanol–water partition coefficient (Wildman–Crippen LogP) is 3.09. The monoisotopic (exact) mass is 346 g/mol. The Morgan fingerprint density at radius 2 is 1.91 bits per heavy atom. The number of hydrogen-bond acceptors (Lipinski definition) is 4. The van der Waals surface area contributed by atoms with E-state index in [9.17, 15) is 22.8 Å². The molecule has 0 N–H and O–H groups in total. The second-order valence-electron chi connectivity index (χ2n) is 4.49. The van der Waals surface area contributed by atoms with Crippen LogP contribution in [0.1, 0.15) is 6.92 Å². The second-order valence-corrected chi connectivity index (χ2v) is 4.90. The van der Waals surface area contributed by atoms with Gasteiger partial charge in [-0.25, -0.2) is 4.79 Å². The van der Waals surface area contributed by atoms with Crippen LogP contribution >= 0.6 is 11.6 Å². The molecule has 23 heavy (non-hydrogen) atoms. The number of para-hydroxylation sites is 1. The highest BCUT2D eigenvalue weighted by atomic mass is 35.5. The van der Waals surface area contributed by atoms with Crippen molar-refractivity contribution in [1.29, 1.82) is 0 Å². The van der Waals surface area contributed by atoms with Gasteiger partial charge in [0.05, 0.1) is 29.1 Å². The van der Waals surface area contributed by atoms with Gasteiger partial charge in [-0.15, -0.1) is 0 Å². The number of ether oxygens (including phenoxy) is 1. The second kappa shape index (κ2) is 6.04. The first kappa shape index (κ1) is 17.0. The topological polar surface area (TPSA) is 59.0 Å². The van der Waals surface area contributed by atoms with E-state index in [0.717, 1.165) is 12.1 Å². The molecule has 5 nitrogen and oxygen atoms in total. The number of nitrogens with zero attached hydrogens (tertiary/aromatic N) is 2. The van der Waals surface area contributed by atoms with Gasteiger partial charge in [-0.2, -0.15) is 23.3 Å². The van der Waals surface area contributed by atoms with Crippen LogP contribution in [-0.4, -0.2) is 30.9 Å². The van der Waals surface area contributed by atoms with Gasteiger partial charge in [0, 0.05) is 0 Å². The lowest BCUT2D eigenvalue weighted by atomic mass is 10.0. The Morgan fingerprint density at radius 3 is 2.43 bits per heavy atom. The number of esters is 1. The van der Waals surface area contributed by atoms with E-state index in [2.05, 4.69) is 9.84 Å². The Kier molecular flexibility index (Phi) is 4.46. The molecule has 0 radical (unpaired) electrons. The standard InChI is InChI=1S/C14H10ClF3N2O3/c1-7-10(11(13(22)23-2)14(16,17)18)12(21)20(19-7)9-6-4-3-5-8(9)15/h3-6H,1-2H3/b11-10-. The van der Waals surface area contributed by atoms with Gasteiger partial charge in [0.1, 0.15) is 0 Å². The zero-order chi connectivity index (χ0) is 17.4. The van der Waals surface area contributed by atoms with Crippen LogP contribution in [-0.2, 0) is 14.3 Å². The van der Waals surface area contributed by atoms with Crippen LogP contribution in [0.25, 0.3) is 0 Å². The molecule has 1 aromatic rings. The first-order valence-electron chi connectivity index (χ1n) is 6.22. The van der Waals surface area contributed by atoms with Gasteiger partial charge in [0.25, 0.3) is 5.91 Å². The lowest BCUT2D eigenvalue weighted by Gasteiger charge is -2.15. The number of rotatable bonds is 2. The largest absolute Gasteiger partial charge is 0.465 e. The van der Waals surface area contributed by atoms with Gasteiger partial charge in [-0.3, -0.25) is 4.79 Å². The summed E-state index contributed by atoms with van der Waals surface area (Å²) in [6, 6.07) is 6.02. The number of benzene rings is 1. The van der Waals surface area contributed by atoms with Crippen LogP contribution in [0.4, 0.5) is 18.9 Å². The minimum absolute atomic E-state index is 0.111. The van der Waals surface area contributed by atoms with Crippen LogP contribution in [0.2, 0.25) is 5.02 Å². The molecular weight excluding hydrogens is 337 g/mol. The van der Waals surface area contributed by atoms with E-state index in [0.29, 0.717) is 0 Å². The maximum absolute atomic E-state index is 13.2. The van der Waals surface area contributed by atoms with Crippen molar-refractivity contribution in [1.82, 2.24) is 0 Å². The number of hydrazone groups is 1. The summed E-state index contributed by atoms with van der Waals surface area (Å²) < 4.78 is 43.6. The highest BCUT2D eigenvalue weighted by Gasteiger charge is 2.47. The summed E-state index contributed by atoms with van der Waals surface area (Å²) in [5.41, 5.74) is -2.70. The van der Waals surface area contributed by atoms with Crippen molar-refractivity contribution in [2.75, 3.05) is 12.1 Å². The summed E-state index contributed by atoms with van der Waals surface area (Å²) in [6.45, 7) is 1.19. The Morgan fingerprint density at radius 1 is 1.30 bits per heavy atom. The summed E-state index contributed by atoms with van der Waals surface area (Å²) in [5, 5.41) is 4.64. The molecule has 2 rings (SSSR count). The number of amides is 1. The van der Waals surface area contributed by atoms with E-state index >= 15 is 0 Å². The summed E-state index contributed by atoms with van der Waals surface area (Å²) in [7, 11) is 0.798. The molecule has 0 unspecified atom stereocenters. The third kappa shape index (κ3) is 3.07. The van der Waals surface area contributed by atoms with Crippen molar-refractivity contribution < 1.29 is 27.5 Å². The number of anilines is 1. The fourth-order valence-corrected chi connectivity index (χ4v) is 2.26. The highest BCUT2D eigenvalue weighted by Crippen LogP contribution is 2.35. The summed E-state index contributed by atoms with van der Waals surface area (Å²) in [6.07, 6.45) is -5.06. The number of hydrogen-bond donors (Lipinski definition) is 0. The first-order valence-corrected chi connectivity index (χ1v) is 6.60. The van der Waals surface area contributed by atoms with Crippen LogP contribution in [0, 0.1) is 0 Å². The molecule has 0 atom stereocenters. The Bertz CT molecular complexity index is 741. The zero-order valence-electron chi connectivity index (χ0n) is 11.9. The molecule has 0 aromatic heterocycles. The fraction of sp³-hybridized carbons (Fsp3) is 0.214. The van der Waals surface area contributed by atoms with Crippen LogP contribution in [0.15, 0.2) is 40.5 Å². The van der Waals surface area contributed by atoms with Crippen molar-refractivity contribution in [2.24, 2.45) is 5.10 Å². The number of alkyl halides is 3. The molecule has 0 aliphatic carbocycles. The van der Waals surface area contributed by atoms with Gasteiger partial charge in [0.15, 0.2) is 5.57 Å². The van der Waals surface area contributed by atoms with E-state index < -0.39 is 29.2 Å². The molecule has 1 aromatic carbocycles. The number of carbonyl (C=O) groups excluding carboxylic acids is 2. The third-order valence-electron chi connectivity index (χ3n) is 3.02. The van der Waals surface area contributed by atoms with Crippen molar-refractivity contribution in [3.05, 3.63) is 40.4 Å². The average Bonchev–Trinajstić information content (AvgIpc) is 2.74. The molecule has 0 fully saturated rings. The molecule has 0 saturated heterocycles. The van der Waals surface area contributed by atoms with Gasteiger partial charge in [0.2, 0.25) is 0 Å². The van der Waals surface area contributed by atoms with Crippen molar-refractivity contribution >= 4 is 34.9 Å². The lowest BCUT2D eigenvalue weighted by Crippen LogP contribution is -2.30. The molecule has 1 heterocycles.